The fourth-order valence-electron chi connectivity index (χ4n) is 3.71. The molecule has 0 radical (unpaired) electrons. The number of hydrogen-bond donors (Lipinski definition) is 3. The van der Waals surface area contributed by atoms with E-state index in [0.29, 0.717) is 30.0 Å². The predicted octanol–water partition coefficient (Wildman–Crippen LogP) is 2.92. The van der Waals surface area contributed by atoms with E-state index in [1.807, 2.05) is 41.6 Å². The summed E-state index contributed by atoms with van der Waals surface area (Å²) in [5.41, 5.74) is 9.09. The lowest BCUT2D eigenvalue weighted by Gasteiger charge is -2.29. The van der Waals surface area contributed by atoms with Crippen LogP contribution in [0.4, 0.5) is 27.8 Å². The Morgan fingerprint density at radius 3 is 2.82 bits per heavy atom. The molecule has 1 aromatic carbocycles. The molecule has 3 heterocycles. The summed E-state index contributed by atoms with van der Waals surface area (Å²) in [7, 11) is 3.61. The van der Waals surface area contributed by atoms with Gasteiger partial charge in [0.2, 0.25) is 17.8 Å². The van der Waals surface area contributed by atoms with Gasteiger partial charge in [-0.2, -0.15) is 10.2 Å². The van der Waals surface area contributed by atoms with Crippen molar-refractivity contribution in [3.63, 3.8) is 0 Å². The van der Waals surface area contributed by atoms with Crippen LogP contribution in [0.3, 0.4) is 0 Å². The van der Waals surface area contributed by atoms with Gasteiger partial charge >= 0.3 is 0 Å². The third kappa shape index (κ3) is 5.40. The normalized spacial score (nSPS) is 15.1. The number of rotatable bonds is 4. The number of amides is 1. The molecule has 4 rings (SSSR count). The van der Waals surface area contributed by atoms with Crippen LogP contribution in [0.15, 0.2) is 31.0 Å². The first-order valence-corrected chi connectivity index (χ1v) is 10.8. The Kier molecular flexibility index (Phi) is 7.63. The van der Waals surface area contributed by atoms with Crippen LogP contribution in [0.5, 0.6) is 0 Å². The van der Waals surface area contributed by atoms with Crippen LogP contribution in [-0.4, -0.2) is 51.7 Å². The number of piperidine rings is 1. The second-order valence-corrected chi connectivity index (χ2v) is 7.86. The van der Waals surface area contributed by atoms with Crippen molar-refractivity contribution in [2.75, 3.05) is 41.4 Å². The summed E-state index contributed by atoms with van der Waals surface area (Å²) in [6.45, 7) is 6.60. The number of aryl methyl sites for hydroxylation is 2. The van der Waals surface area contributed by atoms with Gasteiger partial charge in [0.1, 0.15) is 23.6 Å². The Hall–Kier alpha value is -4.20. The van der Waals surface area contributed by atoms with Gasteiger partial charge in [0.05, 0.1) is 23.8 Å². The Morgan fingerprint density at radius 2 is 2.18 bits per heavy atom. The molecule has 1 fully saturated rings. The number of nitrogen functional groups attached to an aromatic ring is 1. The average molecular weight is 466 g/mol. The topological polar surface area (TPSA) is 138 Å². The number of carbonyl (C=O) groups is 1. The van der Waals surface area contributed by atoms with Crippen molar-refractivity contribution >= 4 is 40.3 Å². The van der Waals surface area contributed by atoms with Gasteiger partial charge in [-0.1, -0.05) is 6.58 Å². The first kappa shape index (κ1) is 24.4. The molecular weight excluding hydrogens is 437 g/mol. The van der Waals surface area contributed by atoms with Crippen molar-refractivity contribution in [2.24, 2.45) is 7.05 Å². The molecule has 1 aliphatic rings. The molecule has 1 aliphatic heterocycles. The van der Waals surface area contributed by atoms with E-state index in [0.717, 1.165) is 35.5 Å². The highest BCUT2D eigenvalue weighted by molar-refractivity contribution is 6.00. The number of hydrogen-bond acceptors (Lipinski definition) is 8. The van der Waals surface area contributed by atoms with Crippen LogP contribution in [0.2, 0.25) is 0 Å². The lowest BCUT2D eigenvalue weighted by atomic mass is 10.1. The van der Waals surface area contributed by atoms with Crippen LogP contribution in [0, 0.1) is 18.3 Å². The second kappa shape index (κ2) is 10.6. The lowest BCUT2D eigenvalue weighted by Crippen LogP contribution is -2.37. The number of anilines is 4. The van der Waals surface area contributed by atoms with Crippen LogP contribution in [0.1, 0.15) is 24.0 Å². The minimum absolute atomic E-state index is 0.161. The van der Waals surface area contributed by atoms with Gasteiger partial charge in [-0.05, 0) is 43.5 Å². The summed E-state index contributed by atoms with van der Waals surface area (Å²) in [6.07, 6.45) is 3.28. The van der Waals surface area contributed by atoms with Gasteiger partial charge in [-0.25, -0.2) is 14.4 Å². The molecule has 1 amide bonds. The summed E-state index contributed by atoms with van der Waals surface area (Å²) in [5.74, 6) is 1.14. The zero-order chi connectivity index (χ0) is 24.8. The van der Waals surface area contributed by atoms with Crippen LogP contribution >= 0.6 is 0 Å². The first-order chi connectivity index (χ1) is 16.3. The lowest BCUT2D eigenvalue weighted by molar-refractivity contribution is -0.111. The number of alkyl halides is 1. The van der Waals surface area contributed by atoms with Crippen molar-refractivity contribution in [2.45, 2.75) is 25.9 Å². The van der Waals surface area contributed by atoms with Gasteiger partial charge in [-0.3, -0.25) is 4.79 Å². The number of aromatic nitrogens is 4. The van der Waals surface area contributed by atoms with Gasteiger partial charge in [-0.15, -0.1) is 0 Å². The zero-order valence-electron chi connectivity index (χ0n) is 19.5. The number of nitriles is 1. The van der Waals surface area contributed by atoms with Crippen molar-refractivity contribution in [3.8, 4) is 6.07 Å². The average Bonchev–Trinajstić information content (AvgIpc) is 3.14. The van der Waals surface area contributed by atoms with E-state index in [2.05, 4.69) is 32.2 Å². The highest BCUT2D eigenvalue weighted by atomic mass is 19.1. The van der Waals surface area contributed by atoms with E-state index >= 15 is 0 Å². The summed E-state index contributed by atoms with van der Waals surface area (Å²) in [6, 6.07) is 5.77. The molecule has 2 aromatic heterocycles. The molecule has 0 aliphatic carbocycles. The van der Waals surface area contributed by atoms with Crippen LogP contribution < -0.4 is 21.3 Å². The van der Waals surface area contributed by atoms with E-state index < -0.39 is 6.17 Å². The van der Waals surface area contributed by atoms with Crippen LogP contribution in [0.25, 0.3) is 11.0 Å². The SMILES string of the molecule is C=CC(=O)Nc1cc2nc(N3CCCC(F)C3)n(C)c2cc1C.CNc1nc(N)ncc1C#N. The molecule has 4 N–H and O–H groups in total. The largest absolute Gasteiger partial charge is 0.372 e. The maximum atomic E-state index is 13.7. The van der Waals surface area contributed by atoms with E-state index in [-0.39, 0.29) is 11.9 Å². The fraction of sp³-hybridized carbons (Fsp3) is 0.348. The molecule has 0 saturated carbocycles. The molecule has 1 unspecified atom stereocenters. The standard InChI is InChI=1S/C17H21FN4O.C6H7N5/c1-4-16(23)19-13-9-14-15(8-11(13)2)21(3)17(20-14)22-7-5-6-12(18)10-22;1-9-5-4(2-7)3-10-6(8)11-5/h4,8-9,12H,1,5-7,10H2,2-3H3,(H,19,23);3H,1H3,(H3,8,9,10,11). The predicted molar refractivity (Wildman–Crippen MR) is 131 cm³/mol. The third-order valence-electron chi connectivity index (χ3n) is 5.46. The summed E-state index contributed by atoms with van der Waals surface area (Å²) in [5, 5.41) is 14.1. The Labute approximate surface area is 197 Å². The monoisotopic (exact) mass is 465 g/mol. The van der Waals surface area contributed by atoms with E-state index in [9.17, 15) is 9.18 Å². The second-order valence-electron chi connectivity index (χ2n) is 7.86. The molecule has 178 valence electrons. The van der Waals surface area contributed by atoms with E-state index in [1.54, 1.807) is 7.05 Å². The van der Waals surface area contributed by atoms with Crippen molar-refractivity contribution in [1.82, 2.24) is 19.5 Å². The number of carbonyl (C=O) groups excluding carboxylic acids is 1. The first-order valence-electron chi connectivity index (χ1n) is 10.8. The number of nitrogens with one attached hydrogen (secondary N) is 2. The minimum atomic E-state index is -0.798. The molecule has 10 nitrogen and oxygen atoms in total. The fourth-order valence-corrected chi connectivity index (χ4v) is 3.71. The minimum Gasteiger partial charge on any atom is -0.372 e. The molecule has 3 aromatic rings. The highest BCUT2D eigenvalue weighted by Crippen LogP contribution is 2.28. The van der Waals surface area contributed by atoms with Gasteiger partial charge < -0.3 is 25.8 Å². The number of benzene rings is 1. The summed E-state index contributed by atoms with van der Waals surface area (Å²) < 4.78 is 15.7. The smallest absolute Gasteiger partial charge is 0.247 e. The van der Waals surface area contributed by atoms with E-state index in [4.69, 9.17) is 11.0 Å². The molecule has 1 atom stereocenters. The Morgan fingerprint density at radius 1 is 1.41 bits per heavy atom. The third-order valence-corrected chi connectivity index (χ3v) is 5.46. The van der Waals surface area contributed by atoms with Crippen molar-refractivity contribution in [1.29, 1.82) is 5.26 Å². The van der Waals surface area contributed by atoms with Gasteiger partial charge in [0.25, 0.3) is 0 Å². The number of nitrogens with two attached hydrogens (primary N) is 1. The quantitative estimate of drug-likeness (QED) is 0.500. The molecule has 0 bridgehead atoms. The molecule has 1 saturated heterocycles. The van der Waals surface area contributed by atoms with Crippen LogP contribution in [-0.2, 0) is 11.8 Å². The number of imidazole rings is 1. The Bertz CT molecular complexity index is 1250. The number of nitrogens with zero attached hydrogens (tertiary/aromatic N) is 6. The van der Waals surface area contributed by atoms with E-state index in [1.165, 1.54) is 12.3 Å². The molecular formula is C23H28FN9O. The van der Waals surface area contributed by atoms with Crippen molar-refractivity contribution in [3.05, 3.63) is 42.1 Å². The Balaban J connectivity index is 0.000000248. The maximum Gasteiger partial charge on any atom is 0.247 e. The maximum absolute atomic E-state index is 13.7. The molecule has 11 heteroatoms. The summed E-state index contributed by atoms with van der Waals surface area (Å²) >= 11 is 0. The summed E-state index contributed by atoms with van der Waals surface area (Å²) in [4.78, 5) is 25.6. The zero-order valence-corrected chi connectivity index (χ0v) is 19.5. The highest BCUT2D eigenvalue weighted by Gasteiger charge is 2.23. The van der Waals surface area contributed by atoms with Crippen molar-refractivity contribution < 1.29 is 9.18 Å². The molecule has 0 spiro atoms. The van der Waals surface area contributed by atoms with Gasteiger partial charge in [0.15, 0.2) is 0 Å². The number of fused-ring (bicyclic) bond motifs is 1. The molecule has 34 heavy (non-hydrogen) atoms. The van der Waals surface area contributed by atoms with Gasteiger partial charge in [0, 0.05) is 26.3 Å². The number of halogens is 1.